The van der Waals surface area contributed by atoms with E-state index in [2.05, 4.69) is 105 Å². The van der Waals surface area contributed by atoms with Crippen molar-refractivity contribution in [2.24, 2.45) is 5.41 Å². The molecular weight excluding hydrogens is 368 g/mol. The second-order valence-electron chi connectivity index (χ2n) is 10.6. The van der Waals surface area contributed by atoms with Crippen LogP contribution in [0.25, 0.3) is 0 Å². The van der Waals surface area contributed by atoms with Crippen molar-refractivity contribution in [1.29, 1.82) is 0 Å². The zero-order chi connectivity index (χ0) is 22.5. The van der Waals surface area contributed by atoms with Gasteiger partial charge in [0.15, 0.2) is 8.32 Å². The van der Waals surface area contributed by atoms with E-state index in [1.165, 1.54) is 22.3 Å². The van der Waals surface area contributed by atoms with Crippen LogP contribution in [0.2, 0.25) is 18.1 Å². The van der Waals surface area contributed by atoms with Crippen molar-refractivity contribution in [3.8, 4) is 0 Å². The van der Waals surface area contributed by atoms with Gasteiger partial charge in [0, 0.05) is 0 Å². The third-order valence-electron chi connectivity index (χ3n) is 6.52. The van der Waals surface area contributed by atoms with Crippen LogP contribution in [0, 0.1) is 5.41 Å². The highest BCUT2D eigenvalue weighted by molar-refractivity contribution is 6.74. The molecule has 0 radical (unpaired) electrons. The van der Waals surface area contributed by atoms with E-state index in [0.717, 1.165) is 12.8 Å². The van der Waals surface area contributed by atoms with Gasteiger partial charge in [0.25, 0.3) is 0 Å². The van der Waals surface area contributed by atoms with Gasteiger partial charge in [0.2, 0.25) is 0 Å². The van der Waals surface area contributed by atoms with Gasteiger partial charge in [-0.05, 0) is 68.3 Å². The smallest absolute Gasteiger partial charge is 0.192 e. The Morgan fingerprint density at radius 2 is 1.69 bits per heavy atom. The predicted molar refractivity (Wildman–Crippen MR) is 134 cm³/mol. The molecule has 1 aliphatic carbocycles. The number of rotatable bonds is 7. The highest BCUT2D eigenvalue weighted by Crippen LogP contribution is 2.45. The van der Waals surface area contributed by atoms with Crippen LogP contribution < -0.4 is 0 Å². The zero-order valence-corrected chi connectivity index (χ0v) is 21.6. The highest BCUT2D eigenvalue weighted by atomic mass is 28.4. The average molecular weight is 413 g/mol. The molecule has 1 atom stereocenters. The molecule has 0 heterocycles. The van der Waals surface area contributed by atoms with Crippen molar-refractivity contribution in [2.75, 3.05) is 0 Å². The monoisotopic (exact) mass is 412 g/mol. The van der Waals surface area contributed by atoms with E-state index < -0.39 is 8.32 Å². The summed E-state index contributed by atoms with van der Waals surface area (Å²) in [6.45, 7) is 26.7. The molecule has 0 N–H and O–H groups in total. The molecule has 0 aliphatic heterocycles. The first-order valence-electron chi connectivity index (χ1n) is 10.9. The van der Waals surface area contributed by atoms with E-state index in [0.29, 0.717) is 0 Å². The molecule has 1 rings (SSSR count). The molecule has 1 nitrogen and oxygen atoms in total. The molecule has 0 bridgehead atoms. The van der Waals surface area contributed by atoms with E-state index in [-0.39, 0.29) is 16.6 Å². The summed E-state index contributed by atoms with van der Waals surface area (Å²) >= 11 is 0. The Bertz CT molecular complexity index is 733. The van der Waals surface area contributed by atoms with Gasteiger partial charge in [-0.25, -0.2) is 0 Å². The third kappa shape index (κ3) is 7.42. The fourth-order valence-electron chi connectivity index (χ4n) is 3.45. The zero-order valence-electron chi connectivity index (χ0n) is 20.6. The van der Waals surface area contributed by atoms with Crippen molar-refractivity contribution < 1.29 is 4.43 Å². The van der Waals surface area contributed by atoms with E-state index in [1.54, 1.807) is 0 Å². The van der Waals surface area contributed by atoms with Gasteiger partial charge in [0.05, 0.1) is 6.10 Å². The molecule has 29 heavy (non-hydrogen) atoms. The number of hydrogen-bond acceptors (Lipinski definition) is 1. The molecule has 0 saturated carbocycles. The molecule has 0 saturated heterocycles. The summed E-state index contributed by atoms with van der Waals surface area (Å²) < 4.78 is 6.81. The molecule has 1 aliphatic rings. The molecule has 0 spiro atoms. The van der Waals surface area contributed by atoms with Crippen LogP contribution >= 0.6 is 0 Å². The molecule has 2 heteroatoms. The van der Waals surface area contributed by atoms with Gasteiger partial charge >= 0.3 is 0 Å². The quantitative estimate of drug-likeness (QED) is 0.300. The molecule has 0 aromatic heterocycles. The number of hydrogen-bond donors (Lipinski definition) is 0. The molecule has 0 unspecified atom stereocenters. The number of allylic oxidation sites excluding steroid dienone is 10. The Balaban J connectivity index is 3.10. The summed E-state index contributed by atoms with van der Waals surface area (Å²) in [4.78, 5) is 0. The largest absolute Gasteiger partial charge is 0.410 e. The maximum absolute atomic E-state index is 6.81. The lowest BCUT2D eigenvalue weighted by atomic mass is 9.71. The van der Waals surface area contributed by atoms with Crippen molar-refractivity contribution >= 4 is 8.32 Å². The summed E-state index contributed by atoms with van der Waals surface area (Å²) in [6, 6.07) is 0. The van der Waals surface area contributed by atoms with Gasteiger partial charge in [-0.2, -0.15) is 0 Å². The van der Waals surface area contributed by atoms with Crippen molar-refractivity contribution in [3.05, 3.63) is 71.4 Å². The molecule has 0 amide bonds. The molecular formula is C27H44OSi. The Morgan fingerprint density at radius 3 is 2.24 bits per heavy atom. The maximum atomic E-state index is 6.81. The summed E-state index contributed by atoms with van der Waals surface area (Å²) in [5.41, 5.74) is 5.48. The lowest BCUT2D eigenvalue weighted by Crippen LogP contribution is -2.45. The van der Waals surface area contributed by atoms with Crippen LogP contribution in [-0.4, -0.2) is 14.4 Å². The first-order chi connectivity index (χ1) is 13.2. The van der Waals surface area contributed by atoms with E-state index in [9.17, 15) is 0 Å². The Hall–Kier alpha value is -1.38. The lowest BCUT2D eigenvalue weighted by molar-refractivity contribution is 0.168. The molecule has 0 fully saturated rings. The van der Waals surface area contributed by atoms with Gasteiger partial charge in [-0.3, -0.25) is 0 Å². The van der Waals surface area contributed by atoms with Gasteiger partial charge in [-0.1, -0.05) is 94.9 Å². The van der Waals surface area contributed by atoms with Crippen LogP contribution in [0.3, 0.4) is 0 Å². The van der Waals surface area contributed by atoms with Crippen molar-refractivity contribution in [2.45, 2.75) is 92.5 Å². The second kappa shape index (κ2) is 10.1. The highest BCUT2D eigenvalue weighted by Gasteiger charge is 2.41. The topological polar surface area (TPSA) is 9.23 Å². The third-order valence-corrected chi connectivity index (χ3v) is 11.0. The van der Waals surface area contributed by atoms with Crippen LogP contribution in [0.15, 0.2) is 71.4 Å². The van der Waals surface area contributed by atoms with Crippen molar-refractivity contribution in [3.63, 3.8) is 0 Å². The summed E-state index contributed by atoms with van der Waals surface area (Å²) in [5.74, 6) is 0. The fraction of sp³-hybridized carbons (Fsp3) is 0.556. The Morgan fingerprint density at radius 1 is 1.10 bits per heavy atom. The summed E-state index contributed by atoms with van der Waals surface area (Å²) in [5, 5.41) is 0.236. The minimum absolute atomic E-state index is 0.188. The minimum Gasteiger partial charge on any atom is -0.410 e. The minimum atomic E-state index is -1.78. The maximum Gasteiger partial charge on any atom is 0.192 e. The van der Waals surface area contributed by atoms with E-state index in [1.807, 2.05) is 12.2 Å². The van der Waals surface area contributed by atoms with Crippen LogP contribution in [0.1, 0.15) is 68.2 Å². The second-order valence-corrected chi connectivity index (χ2v) is 15.4. The molecule has 0 aromatic rings. The SMILES string of the molecule is C=C/C=C(C)/C=C/C=C(C)/C=C/C1=C(C)[C@H](O[Si](C)(C)C(C)(C)C)CCC1(C)C. The average Bonchev–Trinajstić information content (AvgIpc) is 2.56. The van der Waals surface area contributed by atoms with Gasteiger partial charge < -0.3 is 4.43 Å². The van der Waals surface area contributed by atoms with E-state index >= 15 is 0 Å². The van der Waals surface area contributed by atoms with Crippen molar-refractivity contribution in [1.82, 2.24) is 0 Å². The predicted octanol–water partition coefficient (Wildman–Crippen LogP) is 8.70. The summed E-state index contributed by atoms with van der Waals surface area (Å²) in [6.07, 6.45) is 17.3. The first kappa shape index (κ1) is 25.7. The first-order valence-corrected chi connectivity index (χ1v) is 13.8. The normalized spacial score (nSPS) is 22.1. The Kier molecular flexibility index (Phi) is 8.92. The standard InChI is InChI=1S/C27H44OSi/c1-12-14-21(2)15-13-16-22(3)17-18-24-23(4)25(19-20-27(24,8)9)28-29(10,11)26(5,6)7/h12-18,25H,1,19-20H2,2-11H3/b15-13+,18-17+,21-14+,22-16+/t25-/m1/s1. The molecule has 162 valence electrons. The molecule has 0 aromatic carbocycles. The van der Waals surface area contributed by atoms with Crippen LogP contribution in [-0.2, 0) is 4.43 Å². The van der Waals surface area contributed by atoms with Crippen LogP contribution in [0.4, 0.5) is 0 Å². The van der Waals surface area contributed by atoms with Gasteiger partial charge in [-0.15, -0.1) is 0 Å². The summed E-state index contributed by atoms with van der Waals surface area (Å²) in [7, 11) is -1.78. The Labute approximate surface area is 182 Å². The van der Waals surface area contributed by atoms with Crippen LogP contribution in [0.5, 0.6) is 0 Å². The fourth-order valence-corrected chi connectivity index (χ4v) is 4.81. The lowest BCUT2D eigenvalue weighted by Gasteiger charge is -2.44. The van der Waals surface area contributed by atoms with Gasteiger partial charge in [0.1, 0.15) is 0 Å². The van der Waals surface area contributed by atoms with E-state index in [4.69, 9.17) is 4.43 Å².